The third-order valence-corrected chi connectivity index (χ3v) is 4.16. The van der Waals surface area contributed by atoms with Crippen molar-refractivity contribution in [2.45, 2.75) is 33.1 Å². The summed E-state index contributed by atoms with van der Waals surface area (Å²) in [5.74, 6) is -1.30. The molecule has 1 fully saturated rings. The molecule has 0 radical (unpaired) electrons. The Morgan fingerprint density at radius 2 is 1.75 bits per heavy atom. The molecule has 1 saturated carbocycles. The maximum absolute atomic E-state index is 12.6. The fraction of sp³-hybridized carbons (Fsp3) is 0.867. The molecule has 1 rings (SSSR count). The van der Waals surface area contributed by atoms with Crippen LogP contribution in [0.25, 0.3) is 0 Å². The van der Waals surface area contributed by atoms with Crippen molar-refractivity contribution < 1.29 is 14.7 Å². The first-order valence-corrected chi connectivity index (χ1v) is 7.53. The van der Waals surface area contributed by atoms with E-state index in [0.717, 1.165) is 13.0 Å². The minimum absolute atomic E-state index is 0.0306. The van der Waals surface area contributed by atoms with Gasteiger partial charge in [-0.25, -0.2) is 0 Å². The van der Waals surface area contributed by atoms with E-state index in [4.69, 9.17) is 0 Å². The van der Waals surface area contributed by atoms with E-state index in [1.54, 1.807) is 0 Å². The molecule has 5 nitrogen and oxygen atoms in total. The molecular weight excluding hydrogens is 256 g/mol. The third kappa shape index (κ3) is 4.47. The summed E-state index contributed by atoms with van der Waals surface area (Å²) in [6.07, 6.45) is 2.26. The molecule has 0 saturated heterocycles. The SMILES string of the molecule is CCN(CCCN(C)C)C(=O)[C@H]1CC(C)C[C@H]1C(=O)O. The molecule has 0 bridgehead atoms. The summed E-state index contributed by atoms with van der Waals surface area (Å²) in [4.78, 5) is 27.8. The van der Waals surface area contributed by atoms with Crippen molar-refractivity contribution in [3.8, 4) is 0 Å². The van der Waals surface area contributed by atoms with E-state index >= 15 is 0 Å². The van der Waals surface area contributed by atoms with Gasteiger partial charge in [-0.2, -0.15) is 0 Å². The van der Waals surface area contributed by atoms with E-state index in [0.29, 0.717) is 31.8 Å². The van der Waals surface area contributed by atoms with E-state index in [2.05, 4.69) is 4.90 Å². The number of nitrogens with zero attached hydrogens (tertiary/aromatic N) is 2. The first kappa shape index (κ1) is 17.0. The Balaban J connectivity index is 2.62. The normalized spacial score (nSPS) is 25.9. The highest BCUT2D eigenvalue weighted by Crippen LogP contribution is 2.37. The van der Waals surface area contributed by atoms with Crippen LogP contribution in [0.2, 0.25) is 0 Å². The number of carboxylic acid groups (broad SMARTS) is 1. The predicted molar refractivity (Wildman–Crippen MR) is 78.4 cm³/mol. The van der Waals surface area contributed by atoms with Crippen molar-refractivity contribution in [3.05, 3.63) is 0 Å². The summed E-state index contributed by atoms with van der Waals surface area (Å²) in [5.41, 5.74) is 0. The highest BCUT2D eigenvalue weighted by molar-refractivity contribution is 5.85. The third-order valence-electron chi connectivity index (χ3n) is 4.16. The first-order valence-electron chi connectivity index (χ1n) is 7.53. The van der Waals surface area contributed by atoms with Crippen molar-refractivity contribution in [2.24, 2.45) is 17.8 Å². The minimum atomic E-state index is -0.822. The largest absolute Gasteiger partial charge is 0.481 e. The molecule has 5 heteroatoms. The molecule has 3 atom stereocenters. The van der Waals surface area contributed by atoms with Crippen molar-refractivity contribution in [2.75, 3.05) is 33.7 Å². The van der Waals surface area contributed by atoms with Gasteiger partial charge in [0.25, 0.3) is 0 Å². The molecule has 0 aromatic heterocycles. The molecule has 0 spiro atoms. The molecule has 1 aliphatic rings. The quantitative estimate of drug-likeness (QED) is 0.770. The summed E-state index contributed by atoms with van der Waals surface area (Å²) in [7, 11) is 4.02. The van der Waals surface area contributed by atoms with Crippen LogP contribution in [0.5, 0.6) is 0 Å². The standard InChI is InChI=1S/C15H28N2O3/c1-5-17(8-6-7-16(3)4)14(18)12-9-11(2)10-13(12)15(19)20/h11-13H,5-10H2,1-4H3,(H,19,20)/t11?,12-,13+/m0/s1. The fourth-order valence-corrected chi connectivity index (χ4v) is 3.07. The number of carbonyl (C=O) groups excluding carboxylic acids is 1. The summed E-state index contributed by atoms with van der Waals surface area (Å²) < 4.78 is 0. The molecule has 1 unspecified atom stereocenters. The maximum Gasteiger partial charge on any atom is 0.307 e. The van der Waals surface area contributed by atoms with E-state index in [-0.39, 0.29) is 11.8 Å². The molecule has 0 aromatic rings. The highest BCUT2D eigenvalue weighted by Gasteiger charge is 2.42. The van der Waals surface area contributed by atoms with Crippen molar-refractivity contribution in [3.63, 3.8) is 0 Å². The van der Waals surface area contributed by atoms with E-state index in [1.165, 1.54) is 0 Å². The van der Waals surface area contributed by atoms with E-state index in [9.17, 15) is 14.7 Å². The van der Waals surface area contributed by atoms with Gasteiger partial charge in [0.05, 0.1) is 11.8 Å². The topological polar surface area (TPSA) is 60.9 Å². The number of rotatable bonds is 7. The zero-order valence-corrected chi connectivity index (χ0v) is 13.1. The van der Waals surface area contributed by atoms with Crippen LogP contribution in [-0.2, 0) is 9.59 Å². The number of hydrogen-bond acceptors (Lipinski definition) is 3. The first-order chi connectivity index (χ1) is 9.36. The van der Waals surface area contributed by atoms with Crippen molar-refractivity contribution in [1.82, 2.24) is 9.80 Å². The van der Waals surface area contributed by atoms with Gasteiger partial charge in [0, 0.05) is 13.1 Å². The molecule has 116 valence electrons. The van der Waals surface area contributed by atoms with Gasteiger partial charge in [-0.1, -0.05) is 6.92 Å². The molecule has 1 amide bonds. The van der Waals surface area contributed by atoms with Gasteiger partial charge >= 0.3 is 5.97 Å². The zero-order valence-electron chi connectivity index (χ0n) is 13.1. The molecule has 1 aliphatic carbocycles. The Hall–Kier alpha value is -1.10. The Labute approximate surface area is 121 Å². The Bertz CT molecular complexity index is 344. The molecule has 0 aromatic carbocycles. The van der Waals surface area contributed by atoms with Crippen LogP contribution in [0.4, 0.5) is 0 Å². The maximum atomic E-state index is 12.6. The summed E-state index contributed by atoms with van der Waals surface area (Å²) >= 11 is 0. The van der Waals surface area contributed by atoms with E-state index in [1.807, 2.05) is 32.8 Å². The van der Waals surface area contributed by atoms with Gasteiger partial charge < -0.3 is 14.9 Å². The summed E-state index contributed by atoms with van der Waals surface area (Å²) in [6.45, 7) is 6.30. The number of aliphatic carboxylic acids is 1. The van der Waals surface area contributed by atoms with Crippen LogP contribution in [0.3, 0.4) is 0 Å². The Morgan fingerprint density at radius 1 is 1.15 bits per heavy atom. The second-order valence-electron chi connectivity index (χ2n) is 6.20. The lowest BCUT2D eigenvalue weighted by atomic mass is 9.94. The van der Waals surface area contributed by atoms with Crippen molar-refractivity contribution in [1.29, 1.82) is 0 Å². The number of carbonyl (C=O) groups is 2. The molecule has 20 heavy (non-hydrogen) atoms. The monoisotopic (exact) mass is 284 g/mol. The fourth-order valence-electron chi connectivity index (χ4n) is 3.07. The van der Waals surface area contributed by atoms with Crippen molar-refractivity contribution >= 4 is 11.9 Å². The second-order valence-corrected chi connectivity index (χ2v) is 6.20. The number of hydrogen-bond donors (Lipinski definition) is 1. The second kappa shape index (κ2) is 7.62. The van der Waals surface area contributed by atoms with Gasteiger partial charge in [-0.05, 0) is 52.7 Å². The average Bonchev–Trinajstić information content (AvgIpc) is 2.76. The average molecular weight is 284 g/mol. The smallest absolute Gasteiger partial charge is 0.307 e. The van der Waals surface area contributed by atoms with Crippen LogP contribution in [0, 0.1) is 17.8 Å². The summed E-state index contributed by atoms with van der Waals surface area (Å²) in [5, 5.41) is 9.28. The van der Waals surface area contributed by atoms with Gasteiger partial charge in [-0.15, -0.1) is 0 Å². The lowest BCUT2D eigenvalue weighted by Crippen LogP contribution is -2.40. The highest BCUT2D eigenvalue weighted by atomic mass is 16.4. The summed E-state index contributed by atoms with van der Waals surface area (Å²) in [6, 6.07) is 0. The van der Waals surface area contributed by atoms with E-state index < -0.39 is 11.9 Å². The van der Waals surface area contributed by atoms with Gasteiger partial charge in [0.15, 0.2) is 0 Å². The molecule has 1 N–H and O–H groups in total. The van der Waals surface area contributed by atoms with Gasteiger partial charge in [0.2, 0.25) is 5.91 Å². The minimum Gasteiger partial charge on any atom is -0.481 e. The molecule has 0 heterocycles. The van der Waals surface area contributed by atoms with Gasteiger partial charge in [-0.3, -0.25) is 9.59 Å². The number of carboxylic acids is 1. The predicted octanol–water partition coefficient (Wildman–Crippen LogP) is 1.53. The lowest BCUT2D eigenvalue weighted by molar-refractivity contribution is -0.149. The van der Waals surface area contributed by atoms with Crippen LogP contribution in [0.1, 0.15) is 33.1 Å². The Morgan fingerprint density at radius 3 is 2.25 bits per heavy atom. The van der Waals surface area contributed by atoms with Crippen LogP contribution in [-0.4, -0.2) is 60.5 Å². The molecule has 0 aliphatic heterocycles. The molecular formula is C15H28N2O3. The lowest BCUT2D eigenvalue weighted by Gasteiger charge is -2.26. The number of amides is 1. The Kier molecular flexibility index (Phi) is 6.46. The zero-order chi connectivity index (χ0) is 15.3. The van der Waals surface area contributed by atoms with Crippen LogP contribution in [0.15, 0.2) is 0 Å². The van der Waals surface area contributed by atoms with Crippen LogP contribution < -0.4 is 0 Å². The van der Waals surface area contributed by atoms with Gasteiger partial charge in [0.1, 0.15) is 0 Å². The van der Waals surface area contributed by atoms with Crippen LogP contribution >= 0.6 is 0 Å².